The summed E-state index contributed by atoms with van der Waals surface area (Å²) in [6, 6.07) is 18.7. The first-order valence-corrected chi connectivity index (χ1v) is 8.90. The summed E-state index contributed by atoms with van der Waals surface area (Å²) in [5.74, 6) is 0.415. The van der Waals surface area contributed by atoms with E-state index in [4.69, 9.17) is 4.74 Å². The number of fused-ring (bicyclic) bond motifs is 5. The molecule has 5 rings (SSSR count). The molecule has 0 saturated carbocycles. The molecule has 24 heavy (non-hydrogen) atoms. The van der Waals surface area contributed by atoms with E-state index in [2.05, 4.69) is 42.5 Å². The smallest absolute Gasteiger partial charge is 0.166 e. The van der Waals surface area contributed by atoms with E-state index >= 15 is 0 Å². The summed E-state index contributed by atoms with van der Waals surface area (Å²) in [5, 5.41) is 4.63. The molecule has 0 spiro atoms. The predicted molar refractivity (Wildman–Crippen MR) is 96.4 cm³/mol. The zero-order valence-corrected chi connectivity index (χ0v) is 13.6. The summed E-state index contributed by atoms with van der Waals surface area (Å²) in [6.45, 7) is 0. The Morgan fingerprint density at radius 1 is 0.833 bits per heavy atom. The molecule has 3 aromatic carbocycles. The van der Waals surface area contributed by atoms with Crippen molar-refractivity contribution in [3.8, 4) is 0 Å². The van der Waals surface area contributed by atoms with E-state index < -0.39 is 0 Å². The van der Waals surface area contributed by atoms with Crippen LogP contribution in [0.2, 0.25) is 0 Å². The van der Waals surface area contributed by atoms with Crippen LogP contribution >= 0.6 is 0 Å². The molecular weight excluding hydrogens is 296 g/mol. The minimum absolute atomic E-state index is 0.112. The lowest BCUT2D eigenvalue weighted by Crippen LogP contribution is -2.30. The molecule has 2 bridgehead atoms. The van der Waals surface area contributed by atoms with Crippen LogP contribution in [0.25, 0.3) is 21.5 Å². The van der Waals surface area contributed by atoms with Crippen molar-refractivity contribution in [2.45, 2.75) is 37.9 Å². The topological polar surface area (TPSA) is 26.3 Å². The number of hydrogen-bond donors (Lipinski definition) is 0. The zero-order valence-electron chi connectivity index (χ0n) is 13.6. The Morgan fingerprint density at radius 2 is 1.46 bits per heavy atom. The van der Waals surface area contributed by atoms with E-state index in [9.17, 15) is 4.79 Å². The van der Waals surface area contributed by atoms with Crippen LogP contribution in [0.3, 0.4) is 0 Å². The number of Topliss-reactive ketones (excluding diaryl/α,β-unsaturated/α-hetero) is 1. The highest BCUT2D eigenvalue weighted by molar-refractivity contribution is 6.18. The maximum Gasteiger partial charge on any atom is 0.166 e. The van der Waals surface area contributed by atoms with Gasteiger partial charge in [0, 0.05) is 11.5 Å². The second-order valence-electron chi connectivity index (χ2n) is 7.18. The largest absolute Gasteiger partial charge is 0.375 e. The SMILES string of the molecule is O=C(c1cc2ccccc2c2ccccc12)C1CC2CCC(C1)O2. The average Bonchev–Trinajstić information content (AvgIpc) is 2.98. The molecule has 3 aromatic rings. The molecule has 2 heteroatoms. The van der Waals surface area contributed by atoms with Gasteiger partial charge in [0.1, 0.15) is 0 Å². The fourth-order valence-corrected chi connectivity index (χ4v) is 4.55. The number of carbonyl (C=O) groups excluding carboxylic acids is 1. The first-order valence-electron chi connectivity index (χ1n) is 8.90. The van der Waals surface area contributed by atoms with Gasteiger partial charge in [-0.1, -0.05) is 48.5 Å². The molecule has 120 valence electrons. The van der Waals surface area contributed by atoms with Crippen molar-refractivity contribution in [3.05, 3.63) is 60.2 Å². The van der Waals surface area contributed by atoms with Crippen LogP contribution in [0, 0.1) is 5.92 Å². The second-order valence-corrected chi connectivity index (χ2v) is 7.18. The molecule has 0 aliphatic carbocycles. The summed E-state index contributed by atoms with van der Waals surface area (Å²) in [4.78, 5) is 13.3. The molecule has 0 amide bonds. The van der Waals surface area contributed by atoms with Crippen molar-refractivity contribution >= 4 is 27.3 Å². The molecule has 0 N–H and O–H groups in total. The molecule has 2 aliphatic heterocycles. The summed E-state index contributed by atoms with van der Waals surface area (Å²) in [5.41, 5.74) is 0.885. The molecule has 2 heterocycles. The van der Waals surface area contributed by atoms with Crippen LogP contribution in [-0.4, -0.2) is 18.0 Å². The Bertz CT molecular complexity index is 931. The van der Waals surface area contributed by atoms with Gasteiger partial charge >= 0.3 is 0 Å². The molecule has 2 saturated heterocycles. The van der Waals surface area contributed by atoms with Crippen LogP contribution in [0.1, 0.15) is 36.0 Å². The van der Waals surface area contributed by atoms with E-state index in [1.165, 1.54) is 10.8 Å². The van der Waals surface area contributed by atoms with E-state index in [0.29, 0.717) is 18.0 Å². The molecule has 0 radical (unpaired) electrons. The van der Waals surface area contributed by atoms with E-state index in [1.54, 1.807) is 0 Å². The van der Waals surface area contributed by atoms with Crippen molar-refractivity contribution < 1.29 is 9.53 Å². The summed E-state index contributed by atoms with van der Waals surface area (Å²) in [7, 11) is 0. The Morgan fingerprint density at radius 3 is 2.21 bits per heavy atom. The highest BCUT2D eigenvalue weighted by Crippen LogP contribution is 2.39. The van der Waals surface area contributed by atoms with Crippen LogP contribution < -0.4 is 0 Å². The minimum atomic E-state index is 0.112. The molecule has 2 nitrogen and oxygen atoms in total. The quantitative estimate of drug-likeness (QED) is 0.484. The summed E-state index contributed by atoms with van der Waals surface area (Å²) < 4.78 is 5.92. The van der Waals surface area contributed by atoms with Crippen LogP contribution in [0.15, 0.2) is 54.6 Å². The molecular formula is C22H20O2. The normalized spacial score (nSPS) is 26.1. The lowest BCUT2D eigenvalue weighted by atomic mass is 9.85. The number of ketones is 1. The average molecular weight is 316 g/mol. The van der Waals surface area contributed by atoms with E-state index in [0.717, 1.165) is 42.0 Å². The standard InChI is InChI=1S/C22H20O2/c23-22(15-11-16-9-10-17(12-15)24-16)21-13-14-5-1-2-6-18(14)19-7-3-4-8-20(19)21/h1-8,13,15-17H,9-12H2. The van der Waals surface area contributed by atoms with E-state index in [-0.39, 0.29) is 5.92 Å². The van der Waals surface area contributed by atoms with Gasteiger partial charge in [0.15, 0.2) is 5.78 Å². The van der Waals surface area contributed by atoms with Gasteiger partial charge in [0.25, 0.3) is 0 Å². The highest BCUT2D eigenvalue weighted by atomic mass is 16.5. The minimum Gasteiger partial charge on any atom is -0.375 e. The van der Waals surface area contributed by atoms with Gasteiger partial charge in [-0.25, -0.2) is 0 Å². The fraction of sp³-hybridized carbons (Fsp3) is 0.318. The lowest BCUT2D eigenvalue weighted by Gasteiger charge is -2.27. The summed E-state index contributed by atoms with van der Waals surface area (Å²) >= 11 is 0. The monoisotopic (exact) mass is 316 g/mol. The van der Waals surface area contributed by atoms with Crippen molar-refractivity contribution in [2.75, 3.05) is 0 Å². The Labute approximate surface area is 141 Å². The van der Waals surface area contributed by atoms with Gasteiger partial charge in [-0.15, -0.1) is 0 Å². The third kappa shape index (κ3) is 2.17. The maximum absolute atomic E-state index is 13.3. The van der Waals surface area contributed by atoms with E-state index in [1.807, 2.05) is 12.1 Å². The van der Waals surface area contributed by atoms with Gasteiger partial charge in [0.2, 0.25) is 0 Å². The van der Waals surface area contributed by atoms with Crippen molar-refractivity contribution in [3.63, 3.8) is 0 Å². The van der Waals surface area contributed by atoms with Gasteiger partial charge in [0.05, 0.1) is 12.2 Å². The van der Waals surface area contributed by atoms with Crippen LogP contribution in [-0.2, 0) is 4.74 Å². The highest BCUT2D eigenvalue weighted by Gasteiger charge is 2.38. The van der Waals surface area contributed by atoms with Crippen molar-refractivity contribution in [1.82, 2.24) is 0 Å². The van der Waals surface area contributed by atoms with Gasteiger partial charge in [-0.05, 0) is 53.3 Å². The number of rotatable bonds is 2. The van der Waals surface area contributed by atoms with Crippen molar-refractivity contribution in [2.24, 2.45) is 5.92 Å². The predicted octanol–water partition coefficient (Wildman–Crippen LogP) is 5.13. The van der Waals surface area contributed by atoms with Crippen LogP contribution in [0.5, 0.6) is 0 Å². The van der Waals surface area contributed by atoms with Gasteiger partial charge < -0.3 is 4.74 Å². The number of benzene rings is 3. The Kier molecular flexibility index (Phi) is 3.20. The molecule has 2 fully saturated rings. The Hall–Kier alpha value is -2.19. The number of hydrogen-bond acceptors (Lipinski definition) is 2. The first kappa shape index (κ1) is 14.2. The number of ether oxygens (including phenoxy) is 1. The molecule has 0 aromatic heterocycles. The van der Waals surface area contributed by atoms with Crippen LogP contribution in [0.4, 0.5) is 0 Å². The second kappa shape index (κ2) is 5.42. The maximum atomic E-state index is 13.3. The fourth-order valence-electron chi connectivity index (χ4n) is 4.55. The van der Waals surface area contributed by atoms with Gasteiger partial charge in [-0.2, -0.15) is 0 Å². The lowest BCUT2D eigenvalue weighted by molar-refractivity contribution is -0.0148. The number of carbonyl (C=O) groups is 1. The molecule has 2 aliphatic rings. The molecule has 2 unspecified atom stereocenters. The third-order valence-electron chi connectivity index (χ3n) is 5.69. The zero-order chi connectivity index (χ0) is 16.1. The summed E-state index contributed by atoms with van der Waals surface area (Å²) in [6.07, 6.45) is 4.60. The van der Waals surface area contributed by atoms with Crippen molar-refractivity contribution in [1.29, 1.82) is 0 Å². The van der Waals surface area contributed by atoms with Gasteiger partial charge in [-0.3, -0.25) is 4.79 Å². The first-order chi connectivity index (χ1) is 11.8. The molecule has 2 atom stereocenters. The Balaban J connectivity index is 1.66. The third-order valence-corrected chi connectivity index (χ3v) is 5.69.